The van der Waals surface area contributed by atoms with Gasteiger partial charge in [0.15, 0.2) is 0 Å². The molecule has 118 valence electrons. The van der Waals surface area contributed by atoms with Crippen molar-refractivity contribution in [3.63, 3.8) is 0 Å². The van der Waals surface area contributed by atoms with Gasteiger partial charge in [0.05, 0.1) is 0 Å². The van der Waals surface area contributed by atoms with Crippen molar-refractivity contribution in [1.82, 2.24) is 0 Å². The number of carbonyl (C=O) groups is 1. The minimum Gasteiger partial charge on any atom is -0.481 e. The van der Waals surface area contributed by atoms with Crippen LogP contribution in [0, 0.1) is 0 Å². The van der Waals surface area contributed by atoms with Gasteiger partial charge in [0.1, 0.15) is 0 Å². The summed E-state index contributed by atoms with van der Waals surface area (Å²) in [7, 11) is 0. The lowest BCUT2D eigenvalue weighted by Gasteiger charge is -2.03. The predicted octanol–water partition coefficient (Wildman–Crippen LogP) is 6.11. The molecule has 0 fully saturated rings. The van der Waals surface area contributed by atoms with Crippen LogP contribution in [0.15, 0.2) is 12.2 Å². The number of carboxylic acids is 1. The van der Waals surface area contributed by atoms with Crippen molar-refractivity contribution in [2.45, 2.75) is 96.8 Å². The molecule has 2 nitrogen and oxygen atoms in total. The zero-order chi connectivity index (χ0) is 15.1. The highest BCUT2D eigenvalue weighted by Gasteiger charge is 1.97. The summed E-state index contributed by atoms with van der Waals surface area (Å²) in [4.78, 5) is 10.3. The van der Waals surface area contributed by atoms with Gasteiger partial charge in [-0.05, 0) is 26.2 Å². The number of aliphatic carboxylic acids is 1. The molecule has 0 aromatic rings. The molecular formula is C18H34O2. The number of hydrogen-bond acceptors (Lipinski definition) is 1. The van der Waals surface area contributed by atoms with E-state index in [4.69, 9.17) is 5.11 Å². The second-order valence-electron chi connectivity index (χ2n) is 6.09. The van der Waals surface area contributed by atoms with Crippen LogP contribution in [-0.4, -0.2) is 11.1 Å². The first-order valence-corrected chi connectivity index (χ1v) is 8.49. The normalized spacial score (nSPS) is 10.7. The predicted molar refractivity (Wildman–Crippen MR) is 87.1 cm³/mol. The number of carboxylic acid groups (broad SMARTS) is 1. The molecule has 0 aromatic carbocycles. The van der Waals surface area contributed by atoms with Crippen LogP contribution in [0.2, 0.25) is 0 Å². The van der Waals surface area contributed by atoms with Gasteiger partial charge in [0.25, 0.3) is 0 Å². The van der Waals surface area contributed by atoms with E-state index in [2.05, 4.69) is 13.5 Å². The van der Waals surface area contributed by atoms with Gasteiger partial charge >= 0.3 is 5.97 Å². The Morgan fingerprint density at radius 1 is 0.700 bits per heavy atom. The third kappa shape index (κ3) is 17.2. The maximum atomic E-state index is 10.3. The molecule has 0 aliphatic carbocycles. The van der Waals surface area contributed by atoms with E-state index in [1.54, 1.807) is 0 Å². The number of rotatable bonds is 15. The van der Waals surface area contributed by atoms with E-state index in [0.717, 1.165) is 12.8 Å². The Morgan fingerprint density at radius 3 is 1.30 bits per heavy atom. The van der Waals surface area contributed by atoms with Gasteiger partial charge in [-0.2, -0.15) is 0 Å². The number of allylic oxidation sites excluding steroid dienone is 1. The summed E-state index contributed by atoms with van der Waals surface area (Å²) in [6, 6.07) is 0. The van der Waals surface area contributed by atoms with Crippen LogP contribution in [0.4, 0.5) is 0 Å². The summed E-state index contributed by atoms with van der Waals surface area (Å²) in [6.07, 6.45) is 16.8. The molecule has 0 atom stereocenters. The summed E-state index contributed by atoms with van der Waals surface area (Å²) in [6.45, 7) is 6.04. The Hall–Kier alpha value is -0.790. The van der Waals surface area contributed by atoms with Crippen molar-refractivity contribution >= 4 is 5.97 Å². The maximum absolute atomic E-state index is 10.3. The van der Waals surface area contributed by atoms with E-state index in [1.807, 2.05) is 0 Å². The van der Waals surface area contributed by atoms with Crippen molar-refractivity contribution in [2.24, 2.45) is 0 Å². The van der Waals surface area contributed by atoms with Gasteiger partial charge in [-0.3, -0.25) is 4.79 Å². The molecule has 0 radical (unpaired) electrons. The fourth-order valence-electron chi connectivity index (χ4n) is 2.47. The molecule has 0 rings (SSSR count). The Labute approximate surface area is 125 Å². The van der Waals surface area contributed by atoms with Gasteiger partial charge in [0, 0.05) is 6.42 Å². The summed E-state index contributed by atoms with van der Waals surface area (Å²) < 4.78 is 0. The maximum Gasteiger partial charge on any atom is 0.303 e. The zero-order valence-corrected chi connectivity index (χ0v) is 13.5. The number of unbranched alkanes of at least 4 members (excludes halogenated alkanes) is 11. The van der Waals surface area contributed by atoms with E-state index >= 15 is 0 Å². The molecule has 0 aliphatic rings. The van der Waals surface area contributed by atoms with Crippen molar-refractivity contribution in [3.05, 3.63) is 12.2 Å². The Bertz CT molecular complexity index is 220. The standard InChI is InChI=1S/C18H34O2/c1-17(2)15-13-11-9-7-5-3-4-6-8-10-12-14-16-18(19)20/h1,3-16H2,2H3,(H,19,20). The van der Waals surface area contributed by atoms with Gasteiger partial charge in [-0.25, -0.2) is 0 Å². The van der Waals surface area contributed by atoms with Gasteiger partial charge < -0.3 is 5.11 Å². The second kappa shape index (κ2) is 14.6. The molecule has 20 heavy (non-hydrogen) atoms. The molecule has 0 saturated heterocycles. The highest BCUT2D eigenvalue weighted by atomic mass is 16.4. The van der Waals surface area contributed by atoms with Gasteiger partial charge in [-0.1, -0.05) is 69.8 Å². The lowest BCUT2D eigenvalue weighted by Crippen LogP contribution is -1.93. The Balaban J connectivity index is 2.99. The lowest BCUT2D eigenvalue weighted by atomic mass is 10.0. The van der Waals surface area contributed by atoms with Crippen LogP contribution in [0.1, 0.15) is 96.8 Å². The molecule has 0 bridgehead atoms. The van der Waals surface area contributed by atoms with Crippen molar-refractivity contribution < 1.29 is 9.90 Å². The van der Waals surface area contributed by atoms with E-state index in [0.29, 0.717) is 6.42 Å². The minimum absolute atomic E-state index is 0.339. The third-order valence-corrected chi connectivity index (χ3v) is 3.74. The van der Waals surface area contributed by atoms with Gasteiger partial charge in [0.2, 0.25) is 0 Å². The molecule has 0 unspecified atom stereocenters. The summed E-state index contributed by atoms with van der Waals surface area (Å²) in [5, 5.41) is 8.51. The quantitative estimate of drug-likeness (QED) is 0.291. The van der Waals surface area contributed by atoms with Crippen molar-refractivity contribution in [3.8, 4) is 0 Å². The Kier molecular flexibility index (Phi) is 14.0. The van der Waals surface area contributed by atoms with Crippen LogP contribution < -0.4 is 0 Å². The highest BCUT2D eigenvalue weighted by molar-refractivity contribution is 5.66. The summed E-state index contributed by atoms with van der Waals surface area (Å²) >= 11 is 0. The van der Waals surface area contributed by atoms with Crippen LogP contribution in [0.3, 0.4) is 0 Å². The third-order valence-electron chi connectivity index (χ3n) is 3.74. The molecule has 0 heterocycles. The largest absolute Gasteiger partial charge is 0.481 e. The molecule has 0 amide bonds. The topological polar surface area (TPSA) is 37.3 Å². The van der Waals surface area contributed by atoms with E-state index in [-0.39, 0.29) is 0 Å². The molecule has 0 spiro atoms. The van der Waals surface area contributed by atoms with E-state index < -0.39 is 5.97 Å². The molecule has 0 aliphatic heterocycles. The first kappa shape index (κ1) is 19.2. The first-order chi connectivity index (χ1) is 9.63. The van der Waals surface area contributed by atoms with E-state index in [1.165, 1.54) is 76.2 Å². The fraction of sp³-hybridized carbons (Fsp3) is 0.833. The second-order valence-corrected chi connectivity index (χ2v) is 6.09. The van der Waals surface area contributed by atoms with Gasteiger partial charge in [-0.15, -0.1) is 6.58 Å². The summed E-state index contributed by atoms with van der Waals surface area (Å²) in [5.74, 6) is -0.659. The molecule has 0 saturated carbocycles. The molecule has 1 N–H and O–H groups in total. The molecule has 2 heteroatoms. The van der Waals surface area contributed by atoms with Crippen molar-refractivity contribution in [2.75, 3.05) is 0 Å². The van der Waals surface area contributed by atoms with Crippen LogP contribution in [0.25, 0.3) is 0 Å². The summed E-state index contributed by atoms with van der Waals surface area (Å²) in [5.41, 5.74) is 1.31. The van der Waals surface area contributed by atoms with Crippen molar-refractivity contribution in [1.29, 1.82) is 0 Å². The molecular weight excluding hydrogens is 248 g/mol. The first-order valence-electron chi connectivity index (χ1n) is 8.49. The Morgan fingerprint density at radius 2 is 1.00 bits per heavy atom. The smallest absolute Gasteiger partial charge is 0.303 e. The fourth-order valence-corrected chi connectivity index (χ4v) is 2.47. The average molecular weight is 282 g/mol. The number of hydrogen-bond donors (Lipinski definition) is 1. The molecule has 0 aromatic heterocycles. The van der Waals surface area contributed by atoms with Crippen LogP contribution >= 0.6 is 0 Å². The minimum atomic E-state index is -0.659. The average Bonchev–Trinajstić information content (AvgIpc) is 2.38. The van der Waals surface area contributed by atoms with Crippen LogP contribution in [0.5, 0.6) is 0 Å². The van der Waals surface area contributed by atoms with Crippen LogP contribution in [-0.2, 0) is 4.79 Å². The highest BCUT2D eigenvalue weighted by Crippen LogP contribution is 2.13. The monoisotopic (exact) mass is 282 g/mol. The SMILES string of the molecule is C=C(C)CCCCCCCCCCCCCCC(=O)O. The lowest BCUT2D eigenvalue weighted by molar-refractivity contribution is -0.137. The van der Waals surface area contributed by atoms with E-state index in [9.17, 15) is 4.79 Å². The zero-order valence-electron chi connectivity index (χ0n) is 13.5.